The van der Waals surface area contributed by atoms with E-state index in [1.54, 1.807) is 18.1 Å². The van der Waals surface area contributed by atoms with Gasteiger partial charge in [-0.25, -0.2) is 0 Å². The molecule has 1 atom stereocenters. The molecule has 0 radical (unpaired) electrons. The van der Waals surface area contributed by atoms with E-state index < -0.39 is 0 Å². The summed E-state index contributed by atoms with van der Waals surface area (Å²) in [6, 6.07) is 4.74. The lowest BCUT2D eigenvalue weighted by Gasteiger charge is -2.21. The summed E-state index contributed by atoms with van der Waals surface area (Å²) in [5.41, 5.74) is 0.586. The molecule has 0 aromatic rings. The molecule has 0 rings (SSSR count). The first-order chi connectivity index (χ1) is 5.49. The van der Waals surface area contributed by atoms with Gasteiger partial charge in [0.15, 0.2) is 0 Å². The molecule has 0 bridgehead atoms. The number of hydrogen-bond donors (Lipinski definition) is 0. The van der Waals surface area contributed by atoms with Gasteiger partial charge < -0.3 is 0 Å². The molecule has 0 fully saturated rings. The maximum atomic E-state index is 2.42. The zero-order valence-corrected chi connectivity index (χ0v) is 12.2. The first-order valence-corrected chi connectivity index (χ1v) is 11.4. The molecule has 0 aromatic carbocycles. The molecule has 12 heavy (non-hydrogen) atoms. The fourth-order valence-electron chi connectivity index (χ4n) is 1.60. The van der Waals surface area contributed by atoms with Crippen LogP contribution in [-0.4, -0.2) is 17.4 Å². The molecule has 0 saturated carbocycles. The van der Waals surface area contributed by atoms with Crippen LogP contribution in [0.25, 0.3) is 0 Å². The summed E-state index contributed by atoms with van der Waals surface area (Å²) in [7, 11) is 0.232. The second-order valence-electron chi connectivity index (χ2n) is 5.16. The van der Waals surface area contributed by atoms with Crippen molar-refractivity contribution in [3.8, 4) is 0 Å². The van der Waals surface area contributed by atoms with Crippen molar-refractivity contribution in [3.05, 3.63) is 0 Å². The van der Waals surface area contributed by atoms with Crippen LogP contribution in [0.2, 0.25) is 18.1 Å². The molecule has 0 aliphatic heterocycles. The molecule has 74 valence electrons. The highest BCUT2D eigenvalue weighted by Crippen LogP contribution is 2.22. The van der Waals surface area contributed by atoms with Gasteiger partial charge in [0, 0.05) is 17.4 Å². The van der Waals surface area contributed by atoms with Gasteiger partial charge in [-0.2, -0.15) is 0 Å². The maximum Gasteiger partial charge on any atom is 0.0238 e. The Hall–Kier alpha value is 0.434. The van der Waals surface area contributed by atoms with Gasteiger partial charge in [0.1, 0.15) is 0 Å². The van der Waals surface area contributed by atoms with Crippen molar-refractivity contribution in [1.29, 1.82) is 0 Å². The lowest BCUT2D eigenvalue weighted by molar-refractivity contribution is 0.397. The Morgan fingerprint density at radius 1 is 1.17 bits per heavy atom. The van der Waals surface area contributed by atoms with Gasteiger partial charge in [0.05, 0.1) is 0 Å². The van der Waals surface area contributed by atoms with Crippen molar-refractivity contribution >= 4 is 17.4 Å². The molecule has 0 heterocycles. The maximum absolute atomic E-state index is 2.42. The number of hydrogen-bond acceptors (Lipinski definition) is 0. The number of rotatable bonds is 5. The molecule has 0 spiro atoms. The third kappa shape index (κ3) is 7.10. The van der Waals surface area contributed by atoms with Gasteiger partial charge in [-0.3, -0.25) is 0 Å². The summed E-state index contributed by atoms with van der Waals surface area (Å²) in [6.45, 7) is 11.9. The predicted octanol–water partition coefficient (Wildman–Crippen LogP) is 2.77. The Morgan fingerprint density at radius 2 is 1.75 bits per heavy atom. The smallest absolute Gasteiger partial charge is 0.0238 e. The lowest BCUT2D eigenvalue weighted by Crippen LogP contribution is -2.22. The Bertz CT molecular complexity index is 105. The second-order valence-corrected chi connectivity index (χ2v) is 15.1. The minimum Gasteiger partial charge on any atom is -0.0685 e. The molecule has 0 amide bonds. The molecule has 0 aliphatic rings. The van der Waals surface area contributed by atoms with Crippen LogP contribution in [0.4, 0.5) is 0 Å². The zero-order valence-electron chi connectivity index (χ0n) is 9.61. The Balaban J connectivity index is 3.58. The van der Waals surface area contributed by atoms with E-state index in [1.165, 1.54) is 6.42 Å². The van der Waals surface area contributed by atoms with Gasteiger partial charge in [0.2, 0.25) is 0 Å². The van der Waals surface area contributed by atoms with Crippen LogP contribution < -0.4 is 0 Å². The molecule has 2 heteroatoms. The van der Waals surface area contributed by atoms with E-state index in [9.17, 15) is 0 Å². The molecular weight excluding hydrogens is 176 g/mol. The largest absolute Gasteiger partial charge is 0.0685 e. The van der Waals surface area contributed by atoms with Crippen molar-refractivity contribution in [2.75, 3.05) is 0 Å². The van der Waals surface area contributed by atoms with Crippen molar-refractivity contribution in [3.63, 3.8) is 0 Å². The first-order valence-electron chi connectivity index (χ1n) is 5.49. The quantitative estimate of drug-likeness (QED) is 0.602. The topological polar surface area (TPSA) is 0 Å². The minimum absolute atomic E-state index is 0.174. The van der Waals surface area contributed by atoms with Crippen LogP contribution in [0.5, 0.6) is 0 Å². The van der Waals surface area contributed by atoms with Crippen molar-refractivity contribution in [1.82, 2.24) is 0 Å². The minimum atomic E-state index is -0.174. The van der Waals surface area contributed by atoms with Gasteiger partial charge in [-0.15, -0.1) is 0 Å². The summed E-state index contributed by atoms with van der Waals surface area (Å²) in [5, 5.41) is 0. The summed E-state index contributed by atoms with van der Waals surface area (Å²) < 4.78 is 0. The predicted molar refractivity (Wildman–Crippen MR) is 65.5 cm³/mol. The first kappa shape index (κ1) is 12.4. The molecule has 1 unspecified atom stereocenters. The average molecular weight is 202 g/mol. The average Bonchev–Trinajstić information content (AvgIpc) is 1.96. The van der Waals surface area contributed by atoms with E-state index >= 15 is 0 Å². The third-order valence-electron chi connectivity index (χ3n) is 2.58. The summed E-state index contributed by atoms with van der Waals surface area (Å²) in [5.74, 6) is 0. The van der Waals surface area contributed by atoms with Gasteiger partial charge in [0.25, 0.3) is 0 Å². The second kappa shape index (κ2) is 5.97. The normalized spacial score (nSPS) is 15.8. The fraction of sp³-hybridized carbons (Fsp3) is 1.00. The van der Waals surface area contributed by atoms with Gasteiger partial charge in [-0.1, -0.05) is 59.2 Å². The van der Waals surface area contributed by atoms with Crippen molar-refractivity contribution in [2.45, 2.75) is 59.2 Å². The molecule has 0 aromatic heterocycles. The monoisotopic (exact) mass is 202 g/mol. The molecule has 0 aliphatic carbocycles. The Kier molecular flexibility index (Phi) is 6.19. The van der Waals surface area contributed by atoms with Crippen molar-refractivity contribution < 1.29 is 0 Å². The standard InChI is InChI=1S/C10H26Si2/c1-6-11-12(7-2)9-8-10(3,4)5/h12H,6-9,11H2,1-5H3. The molecule has 0 saturated heterocycles. The van der Waals surface area contributed by atoms with E-state index in [0.717, 1.165) is 0 Å². The van der Waals surface area contributed by atoms with E-state index in [4.69, 9.17) is 0 Å². The van der Waals surface area contributed by atoms with Gasteiger partial charge >= 0.3 is 0 Å². The summed E-state index contributed by atoms with van der Waals surface area (Å²) in [6.07, 6.45) is 1.48. The van der Waals surface area contributed by atoms with Crippen LogP contribution in [0.3, 0.4) is 0 Å². The highest BCUT2D eigenvalue weighted by atomic mass is 29.2. The Morgan fingerprint density at radius 3 is 2.08 bits per heavy atom. The summed E-state index contributed by atoms with van der Waals surface area (Å²) in [4.78, 5) is 0. The van der Waals surface area contributed by atoms with E-state index in [1.807, 2.05) is 0 Å². The van der Waals surface area contributed by atoms with E-state index in [0.29, 0.717) is 14.5 Å². The van der Waals surface area contributed by atoms with Crippen LogP contribution in [0.1, 0.15) is 41.0 Å². The van der Waals surface area contributed by atoms with Crippen molar-refractivity contribution in [2.24, 2.45) is 5.41 Å². The third-order valence-corrected chi connectivity index (χ3v) is 13.4. The van der Waals surface area contributed by atoms with E-state index in [-0.39, 0.29) is 8.31 Å². The molecular formula is C10H26Si2. The van der Waals surface area contributed by atoms with Crippen LogP contribution in [0.15, 0.2) is 0 Å². The fourth-order valence-corrected chi connectivity index (χ4v) is 9.95. The molecule has 0 nitrogen and oxygen atoms in total. The van der Waals surface area contributed by atoms with Gasteiger partial charge in [-0.05, 0) is 5.41 Å². The zero-order chi connectivity index (χ0) is 9.61. The molecule has 0 N–H and O–H groups in total. The SMILES string of the molecule is CC[SiH2][SiH](CC)CCC(C)(C)C. The van der Waals surface area contributed by atoms with Crippen LogP contribution >= 0.6 is 0 Å². The highest BCUT2D eigenvalue weighted by Gasteiger charge is 2.14. The Labute approximate surface area is 82.4 Å². The van der Waals surface area contributed by atoms with E-state index in [2.05, 4.69) is 34.6 Å². The van der Waals surface area contributed by atoms with Crippen LogP contribution in [-0.2, 0) is 0 Å². The summed E-state index contributed by atoms with van der Waals surface area (Å²) >= 11 is 0. The highest BCUT2D eigenvalue weighted by molar-refractivity contribution is 7.12. The van der Waals surface area contributed by atoms with Crippen LogP contribution in [0, 0.1) is 5.41 Å². The lowest BCUT2D eigenvalue weighted by atomic mass is 9.94.